The van der Waals surface area contributed by atoms with Crippen molar-refractivity contribution < 1.29 is 9.53 Å². The smallest absolute Gasteiger partial charge is 0.153 e. The van der Waals surface area contributed by atoms with Gasteiger partial charge in [0.15, 0.2) is 6.29 Å². The highest BCUT2D eigenvalue weighted by Gasteiger charge is 2.14. The molecule has 1 aliphatic rings. The summed E-state index contributed by atoms with van der Waals surface area (Å²) in [4.78, 5) is 10.6. The monoisotopic (exact) mass is 186 g/mol. The van der Waals surface area contributed by atoms with Crippen LogP contribution in [0.1, 0.15) is 11.1 Å². The van der Waals surface area contributed by atoms with Crippen molar-refractivity contribution in [3.8, 4) is 5.75 Å². The van der Waals surface area contributed by atoms with Crippen LogP contribution in [0.2, 0.25) is 0 Å². The van der Waals surface area contributed by atoms with Gasteiger partial charge in [-0.25, -0.2) is 0 Å². The van der Waals surface area contributed by atoms with E-state index in [9.17, 15) is 4.79 Å². The van der Waals surface area contributed by atoms with Gasteiger partial charge in [0.25, 0.3) is 0 Å². The lowest BCUT2D eigenvalue weighted by atomic mass is 10.0. The molecule has 0 atom stereocenters. The number of allylic oxidation sites excluding steroid dienone is 1. The van der Waals surface area contributed by atoms with E-state index in [1.54, 1.807) is 6.08 Å². The highest BCUT2D eigenvalue weighted by Crippen LogP contribution is 2.30. The zero-order valence-corrected chi connectivity index (χ0v) is 7.91. The van der Waals surface area contributed by atoms with E-state index in [4.69, 9.17) is 4.74 Å². The minimum absolute atomic E-state index is 0.415. The van der Waals surface area contributed by atoms with Crippen LogP contribution in [-0.4, -0.2) is 6.29 Å². The number of fused-ring (bicyclic) bond motifs is 1. The Morgan fingerprint density at radius 1 is 1.43 bits per heavy atom. The first-order chi connectivity index (χ1) is 6.70. The fraction of sp³-hybridized carbons (Fsp3) is 0.0833. The molecule has 1 heterocycles. The second-order valence-electron chi connectivity index (χ2n) is 3.28. The van der Waals surface area contributed by atoms with Gasteiger partial charge in [-0.2, -0.15) is 0 Å². The third-order valence-corrected chi connectivity index (χ3v) is 2.16. The average molecular weight is 186 g/mol. The first-order valence-corrected chi connectivity index (χ1v) is 4.35. The molecule has 0 fully saturated rings. The minimum Gasteiger partial charge on any atom is -0.457 e. The Hall–Kier alpha value is -1.83. The molecule has 1 aromatic carbocycles. The predicted molar refractivity (Wildman–Crippen MR) is 55.0 cm³/mol. The van der Waals surface area contributed by atoms with Crippen molar-refractivity contribution in [2.45, 2.75) is 6.92 Å². The third kappa shape index (κ3) is 1.35. The van der Waals surface area contributed by atoms with Gasteiger partial charge in [0, 0.05) is 5.56 Å². The van der Waals surface area contributed by atoms with Gasteiger partial charge >= 0.3 is 0 Å². The molecule has 0 bridgehead atoms. The van der Waals surface area contributed by atoms with Crippen molar-refractivity contribution >= 4 is 12.4 Å². The molecular weight excluding hydrogens is 176 g/mol. The van der Waals surface area contributed by atoms with E-state index in [0.717, 1.165) is 23.2 Å². The Morgan fingerprint density at radius 2 is 2.21 bits per heavy atom. The van der Waals surface area contributed by atoms with Crippen molar-refractivity contribution in [1.29, 1.82) is 0 Å². The summed E-state index contributed by atoms with van der Waals surface area (Å²) in [5, 5.41) is 0. The van der Waals surface area contributed by atoms with Gasteiger partial charge in [0.1, 0.15) is 11.5 Å². The van der Waals surface area contributed by atoms with Crippen LogP contribution in [0.4, 0.5) is 0 Å². The Bertz CT molecular complexity index is 442. The lowest BCUT2D eigenvalue weighted by Gasteiger charge is -2.16. The second kappa shape index (κ2) is 3.14. The maximum absolute atomic E-state index is 10.6. The lowest BCUT2D eigenvalue weighted by molar-refractivity contribution is -0.104. The number of ether oxygens (including phenoxy) is 1. The number of carbonyl (C=O) groups excluding carboxylic acids is 1. The van der Waals surface area contributed by atoms with Gasteiger partial charge in [-0.1, -0.05) is 18.7 Å². The Morgan fingerprint density at radius 3 is 2.93 bits per heavy atom. The van der Waals surface area contributed by atoms with Crippen LogP contribution in [0.3, 0.4) is 0 Å². The number of rotatable bonds is 1. The Labute approximate surface area is 82.5 Å². The van der Waals surface area contributed by atoms with Gasteiger partial charge in [0.2, 0.25) is 0 Å². The lowest BCUT2D eigenvalue weighted by Crippen LogP contribution is -2.05. The standard InChI is InChI=1S/C12H10O2/c1-8-3-4-10-6-11(7-13)9(2)14-12(10)5-8/h3-7H,2H2,1H3. The van der Waals surface area contributed by atoms with Crippen LogP contribution in [-0.2, 0) is 4.79 Å². The maximum atomic E-state index is 10.6. The largest absolute Gasteiger partial charge is 0.457 e. The summed E-state index contributed by atoms with van der Waals surface area (Å²) in [6.45, 7) is 5.66. The molecule has 0 N–H and O–H groups in total. The summed E-state index contributed by atoms with van der Waals surface area (Å²) in [5.74, 6) is 1.18. The molecular formula is C12H10O2. The molecule has 0 spiro atoms. The summed E-state index contributed by atoms with van der Waals surface area (Å²) in [5.41, 5.74) is 2.55. The topological polar surface area (TPSA) is 26.3 Å². The average Bonchev–Trinajstić information content (AvgIpc) is 2.16. The first-order valence-electron chi connectivity index (χ1n) is 4.35. The van der Waals surface area contributed by atoms with Gasteiger partial charge in [-0.3, -0.25) is 4.79 Å². The van der Waals surface area contributed by atoms with Gasteiger partial charge in [0.05, 0.1) is 5.57 Å². The SMILES string of the molecule is C=C1Oc2cc(C)ccc2C=C1C=O. The van der Waals surface area contributed by atoms with Crippen LogP contribution >= 0.6 is 0 Å². The van der Waals surface area contributed by atoms with Crippen molar-refractivity contribution in [2.24, 2.45) is 0 Å². The molecule has 0 amide bonds. The van der Waals surface area contributed by atoms with E-state index in [2.05, 4.69) is 6.58 Å². The minimum atomic E-state index is 0.415. The summed E-state index contributed by atoms with van der Waals surface area (Å²) < 4.78 is 5.42. The molecule has 2 rings (SSSR count). The Kier molecular flexibility index (Phi) is 1.97. The molecule has 0 unspecified atom stereocenters. The summed E-state index contributed by atoms with van der Waals surface area (Å²) in [7, 11) is 0. The molecule has 0 aliphatic carbocycles. The molecule has 0 saturated carbocycles. The summed E-state index contributed by atoms with van der Waals surface area (Å²) >= 11 is 0. The predicted octanol–water partition coefficient (Wildman–Crippen LogP) is 2.48. The van der Waals surface area contributed by atoms with E-state index in [-0.39, 0.29) is 0 Å². The molecule has 70 valence electrons. The van der Waals surface area contributed by atoms with E-state index in [1.165, 1.54) is 0 Å². The third-order valence-electron chi connectivity index (χ3n) is 2.16. The highest BCUT2D eigenvalue weighted by atomic mass is 16.5. The first kappa shape index (κ1) is 8.75. The maximum Gasteiger partial charge on any atom is 0.153 e. The van der Waals surface area contributed by atoms with Gasteiger partial charge in [-0.15, -0.1) is 0 Å². The van der Waals surface area contributed by atoms with Gasteiger partial charge in [-0.05, 0) is 24.6 Å². The van der Waals surface area contributed by atoms with Crippen LogP contribution in [0.15, 0.2) is 36.1 Å². The van der Waals surface area contributed by atoms with Crippen LogP contribution in [0, 0.1) is 6.92 Å². The van der Waals surface area contributed by atoms with Crippen LogP contribution in [0.5, 0.6) is 5.75 Å². The fourth-order valence-corrected chi connectivity index (χ4v) is 1.39. The molecule has 0 aromatic heterocycles. The number of hydrogen-bond donors (Lipinski definition) is 0. The molecule has 0 saturated heterocycles. The van der Waals surface area contributed by atoms with Gasteiger partial charge < -0.3 is 4.74 Å². The molecule has 1 aromatic rings. The molecule has 1 aliphatic heterocycles. The van der Waals surface area contributed by atoms with E-state index >= 15 is 0 Å². The fourth-order valence-electron chi connectivity index (χ4n) is 1.39. The number of aldehydes is 1. The molecule has 0 radical (unpaired) electrons. The van der Waals surface area contributed by atoms with Crippen molar-refractivity contribution in [3.63, 3.8) is 0 Å². The summed E-state index contributed by atoms with van der Waals surface area (Å²) in [6.07, 6.45) is 2.54. The molecule has 14 heavy (non-hydrogen) atoms. The van der Waals surface area contributed by atoms with E-state index < -0.39 is 0 Å². The zero-order valence-electron chi connectivity index (χ0n) is 7.91. The molecule has 2 heteroatoms. The second-order valence-corrected chi connectivity index (χ2v) is 3.28. The molecule has 2 nitrogen and oxygen atoms in total. The number of carbonyl (C=O) groups is 1. The van der Waals surface area contributed by atoms with Crippen molar-refractivity contribution in [1.82, 2.24) is 0 Å². The number of aryl methyl sites for hydroxylation is 1. The van der Waals surface area contributed by atoms with E-state index in [0.29, 0.717) is 11.3 Å². The Balaban J connectivity index is 2.56. The number of benzene rings is 1. The zero-order chi connectivity index (χ0) is 10.1. The van der Waals surface area contributed by atoms with Crippen molar-refractivity contribution in [3.05, 3.63) is 47.2 Å². The van der Waals surface area contributed by atoms with Crippen LogP contribution < -0.4 is 4.74 Å². The van der Waals surface area contributed by atoms with Crippen LogP contribution in [0.25, 0.3) is 6.08 Å². The normalized spacial score (nSPS) is 14.1. The summed E-state index contributed by atoms with van der Waals surface area (Å²) in [6, 6.07) is 5.84. The van der Waals surface area contributed by atoms with Crippen molar-refractivity contribution in [2.75, 3.05) is 0 Å². The number of hydrogen-bond acceptors (Lipinski definition) is 2. The quantitative estimate of drug-likeness (QED) is 0.630. The van der Waals surface area contributed by atoms with E-state index in [1.807, 2.05) is 25.1 Å². The highest BCUT2D eigenvalue weighted by molar-refractivity contribution is 5.89.